The standard InChI is InChI=1S/C12H12F3NO/c1-16(2)8-7-11(17)9-3-5-10(6-4-9)12(13,14)15/h3-8H,1-2H3/b8-7+. The molecule has 0 fully saturated rings. The summed E-state index contributed by atoms with van der Waals surface area (Å²) >= 11 is 0. The molecule has 92 valence electrons. The lowest BCUT2D eigenvalue weighted by Gasteiger charge is -2.06. The second-order valence-electron chi connectivity index (χ2n) is 3.72. The van der Waals surface area contributed by atoms with Crippen LogP contribution in [0.2, 0.25) is 0 Å². The second kappa shape index (κ2) is 5.03. The Bertz CT molecular complexity index is 418. The minimum absolute atomic E-state index is 0.233. The summed E-state index contributed by atoms with van der Waals surface area (Å²) in [6.45, 7) is 0. The number of benzene rings is 1. The Balaban J connectivity index is 2.85. The fourth-order valence-corrected chi connectivity index (χ4v) is 1.14. The number of carbonyl (C=O) groups excluding carboxylic acids is 1. The van der Waals surface area contributed by atoms with E-state index in [1.165, 1.54) is 18.2 Å². The zero-order valence-electron chi connectivity index (χ0n) is 9.45. The van der Waals surface area contributed by atoms with Gasteiger partial charge in [-0.05, 0) is 12.1 Å². The summed E-state index contributed by atoms with van der Waals surface area (Å²) in [5.41, 5.74) is -0.526. The van der Waals surface area contributed by atoms with Gasteiger partial charge >= 0.3 is 6.18 Å². The van der Waals surface area contributed by atoms with Gasteiger partial charge in [0.15, 0.2) is 5.78 Å². The highest BCUT2D eigenvalue weighted by molar-refractivity contribution is 6.04. The van der Waals surface area contributed by atoms with Crippen molar-refractivity contribution >= 4 is 5.78 Å². The molecule has 0 heterocycles. The van der Waals surface area contributed by atoms with Crippen molar-refractivity contribution in [3.05, 3.63) is 47.7 Å². The van der Waals surface area contributed by atoms with Crippen molar-refractivity contribution in [3.63, 3.8) is 0 Å². The first kappa shape index (κ1) is 13.3. The van der Waals surface area contributed by atoms with Gasteiger partial charge in [-0.25, -0.2) is 0 Å². The summed E-state index contributed by atoms with van der Waals surface area (Å²) in [6.07, 6.45) is -1.52. The molecule has 2 nitrogen and oxygen atoms in total. The number of allylic oxidation sites excluding steroid dienone is 1. The van der Waals surface area contributed by atoms with Gasteiger partial charge in [-0.2, -0.15) is 13.2 Å². The van der Waals surface area contributed by atoms with E-state index in [1.807, 2.05) is 0 Å². The van der Waals surface area contributed by atoms with Crippen LogP contribution in [0.5, 0.6) is 0 Å². The summed E-state index contributed by atoms with van der Waals surface area (Å²) in [7, 11) is 3.49. The average molecular weight is 243 g/mol. The Hall–Kier alpha value is -1.78. The molecule has 0 spiro atoms. The van der Waals surface area contributed by atoms with Crippen LogP contribution in [0.15, 0.2) is 36.5 Å². The number of rotatable bonds is 3. The van der Waals surface area contributed by atoms with Crippen molar-refractivity contribution in [2.75, 3.05) is 14.1 Å². The maximum Gasteiger partial charge on any atom is 0.416 e. The van der Waals surface area contributed by atoms with Crippen LogP contribution in [0.3, 0.4) is 0 Å². The van der Waals surface area contributed by atoms with Crippen LogP contribution in [0.4, 0.5) is 13.2 Å². The molecule has 0 aromatic heterocycles. The molecule has 0 bridgehead atoms. The van der Waals surface area contributed by atoms with Gasteiger partial charge in [-0.15, -0.1) is 0 Å². The van der Waals surface area contributed by atoms with Gasteiger partial charge in [-0.1, -0.05) is 12.1 Å². The lowest BCUT2D eigenvalue weighted by atomic mass is 10.1. The zero-order chi connectivity index (χ0) is 13.1. The van der Waals surface area contributed by atoms with Gasteiger partial charge in [0, 0.05) is 31.9 Å². The molecule has 5 heteroatoms. The summed E-state index contributed by atoms with van der Waals surface area (Å²) in [5, 5.41) is 0. The second-order valence-corrected chi connectivity index (χ2v) is 3.72. The number of carbonyl (C=O) groups is 1. The Morgan fingerprint density at radius 3 is 2.12 bits per heavy atom. The quantitative estimate of drug-likeness (QED) is 0.601. The van der Waals surface area contributed by atoms with Crippen LogP contribution in [-0.2, 0) is 6.18 Å². The minimum Gasteiger partial charge on any atom is -0.383 e. The largest absolute Gasteiger partial charge is 0.416 e. The highest BCUT2D eigenvalue weighted by atomic mass is 19.4. The smallest absolute Gasteiger partial charge is 0.383 e. The molecule has 17 heavy (non-hydrogen) atoms. The number of halogens is 3. The number of ketones is 1. The van der Waals surface area contributed by atoms with Crippen molar-refractivity contribution in [3.8, 4) is 0 Å². The van der Waals surface area contributed by atoms with Crippen LogP contribution in [0.1, 0.15) is 15.9 Å². The Labute approximate surface area is 97.3 Å². The molecule has 0 aliphatic rings. The predicted octanol–water partition coefficient (Wildman–Crippen LogP) is 2.96. The van der Waals surface area contributed by atoms with Crippen LogP contribution in [-0.4, -0.2) is 24.8 Å². The Morgan fingerprint density at radius 2 is 1.71 bits per heavy atom. The molecule has 1 aromatic rings. The molecule has 0 radical (unpaired) electrons. The van der Waals surface area contributed by atoms with Crippen LogP contribution in [0, 0.1) is 0 Å². The monoisotopic (exact) mass is 243 g/mol. The number of hydrogen-bond donors (Lipinski definition) is 0. The van der Waals surface area contributed by atoms with Gasteiger partial charge in [0.05, 0.1) is 5.56 Å². The third-order valence-electron chi connectivity index (χ3n) is 2.02. The van der Waals surface area contributed by atoms with E-state index in [0.717, 1.165) is 12.1 Å². The number of alkyl halides is 3. The zero-order valence-corrected chi connectivity index (χ0v) is 9.45. The SMILES string of the molecule is CN(C)/C=C/C(=O)c1ccc(C(F)(F)F)cc1. The molecular weight excluding hydrogens is 231 g/mol. The van der Waals surface area contributed by atoms with Gasteiger partial charge in [-0.3, -0.25) is 4.79 Å². The molecular formula is C12H12F3NO. The van der Waals surface area contributed by atoms with E-state index in [-0.39, 0.29) is 11.3 Å². The van der Waals surface area contributed by atoms with Crippen molar-refractivity contribution in [1.82, 2.24) is 4.90 Å². The molecule has 0 atom stereocenters. The van der Waals surface area contributed by atoms with Crippen molar-refractivity contribution < 1.29 is 18.0 Å². The van der Waals surface area contributed by atoms with E-state index in [4.69, 9.17) is 0 Å². The van der Waals surface area contributed by atoms with Crippen LogP contribution in [0.25, 0.3) is 0 Å². The normalized spacial score (nSPS) is 11.8. The predicted molar refractivity (Wildman–Crippen MR) is 58.6 cm³/mol. The fraction of sp³-hybridized carbons (Fsp3) is 0.250. The van der Waals surface area contributed by atoms with E-state index < -0.39 is 11.7 Å². The first-order chi connectivity index (χ1) is 7.80. The lowest BCUT2D eigenvalue weighted by molar-refractivity contribution is -0.137. The molecule has 0 aliphatic heterocycles. The molecule has 1 rings (SSSR count). The van der Waals surface area contributed by atoms with E-state index in [9.17, 15) is 18.0 Å². The van der Waals surface area contributed by atoms with E-state index in [1.54, 1.807) is 25.2 Å². The summed E-state index contributed by atoms with van der Waals surface area (Å²) < 4.78 is 36.8. The topological polar surface area (TPSA) is 20.3 Å². The summed E-state index contributed by atoms with van der Waals surface area (Å²) in [5.74, 6) is -0.326. The summed E-state index contributed by atoms with van der Waals surface area (Å²) in [6, 6.07) is 4.14. The lowest BCUT2D eigenvalue weighted by Crippen LogP contribution is -2.06. The number of hydrogen-bond acceptors (Lipinski definition) is 2. The first-order valence-electron chi connectivity index (χ1n) is 4.87. The van der Waals surface area contributed by atoms with E-state index in [0.29, 0.717) is 0 Å². The maximum atomic E-state index is 12.3. The third-order valence-corrected chi connectivity index (χ3v) is 2.02. The maximum absolute atomic E-state index is 12.3. The van der Waals surface area contributed by atoms with Crippen LogP contribution < -0.4 is 0 Å². The third kappa shape index (κ3) is 3.94. The van der Waals surface area contributed by atoms with Crippen molar-refractivity contribution in [2.24, 2.45) is 0 Å². The van der Waals surface area contributed by atoms with Crippen molar-refractivity contribution in [2.45, 2.75) is 6.18 Å². The molecule has 0 N–H and O–H groups in total. The van der Waals surface area contributed by atoms with Gasteiger partial charge < -0.3 is 4.90 Å². The Morgan fingerprint density at radius 1 is 1.18 bits per heavy atom. The summed E-state index contributed by atoms with van der Waals surface area (Å²) in [4.78, 5) is 13.2. The van der Waals surface area contributed by atoms with Gasteiger partial charge in [0.1, 0.15) is 0 Å². The highest BCUT2D eigenvalue weighted by Gasteiger charge is 2.30. The van der Waals surface area contributed by atoms with Gasteiger partial charge in [0.2, 0.25) is 0 Å². The molecule has 1 aromatic carbocycles. The molecule has 0 unspecified atom stereocenters. The molecule has 0 saturated carbocycles. The van der Waals surface area contributed by atoms with Crippen molar-refractivity contribution in [1.29, 1.82) is 0 Å². The molecule has 0 aliphatic carbocycles. The van der Waals surface area contributed by atoms with Gasteiger partial charge in [0.25, 0.3) is 0 Å². The number of nitrogens with zero attached hydrogens (tertiary/aromatic N) is 1. The molecule has 0 saturated heterocycles. The Kier molecular flexibility index (Phi) is 3.93. The molecule has 0 amide bonds. The minimum atomic E-state index is -4.37. The van der Waals surface area contributed by atoms with E-state index >= 15 is 0 Å². The fourth-order valence-electron chi connectivity index (χ4n) is 1.14. The first-order valence-corrected chi connectivity index (χ1v) is 4.87. The average Bonchev–Trinajstić information content (AvgIpc) is 2.25. The van der Waals surface area contributed by atoms with Crippen LogP contribution >= 0.6 is 0 Å². The highest BCUT2D eigenvalue weighted by Crippen LogP contribution is 2.29. The van der Waals surface area contributed by atoms with E-state index in [2.05, 4.69) is 0 Å².